The molecule has 1 rings (SSSR count). The molecule has 1 aromatic carbocycles. The Morgan fingerprint density at radius 3 is 2.67 bits per heavy atom. The summed E-state index contributed by atoms with van der Waals surface area (Å²) in [5.41, 5.74) is 0. The minimum atomic E-state index is -0.341. The highest BCUT2D eigenvalue weighted by Crippen LogP contribution is 2.33. The lowest BCUT2D eigenvalue weighted by atomic mass is 10.3. The predicted octanol–water partition coefficient (Wildman–Crippen LogP) is 4.12. The first-order valence-electron chi connectivity index (χ1n) is 4.19. The van der Waals surface area contributed by atoms with Crippen LogP contribution in [-0.4, -0.2) is 5.97 Å². The maximum Gasteiger partial charge on any atom is 0.311 e. The molecule has 0 aromatic heterocycles. The lowest BCUT2D eigenvalue weighted by Gasteiger charge is -2.08. The Balaban J connectivity index is 2.90. The number of benzene rings is 1. The molecular weight excluding hydrogens is 350 g/mol. The second kappa shape index (κ2) is 5.92. The van der Waals surface area contributed by atoms with Gasteiger partial charge in [-0.25, -0.2) is 0 Å². The molecule has 0 amide bonds. The summed E-state index contributed by atoms with van der Waals surface area (Å²) in [6.45, 7) is 3.57. The van der Waals surface area contributed by atoms with E-state index in [1.807, 2.05) is 22.6 Å². The van der Waals surface area contributed by atoms with Gasteiger partial charge in [0.15, 0.2) is 5.75 Å². The van der Waals surface area contributed by atoms with Crippen molar-refractivity contribution in [1.82, 2.24) is 0 Å². The van der Waals surface area contributed by atoms with Crippen LogP contribution < -0.4 is 4.74 Å². The second-order valence-electron chi connectivity index (χ2n) is 2.78. The zero-order valence-electron chi connectivity index (χ0n) is 7.73. The average molecular weight is 358 g/mol. The molecule has 0 saturated heterocycles. The van der Waals surface area contributed by atoms with Crippen LogP contribution in [0.2, 0.25) is 10.0 Å². The summed E-state index contributed by atoms with van der Waals surface area (Å²) in [4.78, 5) is 11.2. The SMILES string of the molecule is [CH2]CCC(=O)Oc1c(Cl)cc(Cl)cc1I. The number of halogens is 3. The molecule has 0 aliphatic rings. The number of carbonyl (C=O) groups is 1. The largest absolute Gasteiger partial charge is 0.424 e. The van der Waals surface area contributed by atoms with Crippen LogP contribution in [0.1, 0.15) is 12.8 Å². The lowest BCUT2D eigenvalue weighted by Crippen LogP contribution is -2.08. The first-order valence-corrected chi connectivity index (χ1v) is 6.02. The van der Waals surface area contributed by atoms with E-state index in [0.717, 1.165) is 0 Å². The van der Waals surface area contributed by atoms with Gasteiger partial charge in [-0.1, -0.05) is 30.1 Å². The highest BCUT2D eigenvalue weighted by molar-refractivity contribution is 14.1. The molecule has 0 bridgehead atoms. The number of ether oxygens (including phenoxy) is 1. The van der Waals surface area contributed by atoms with Gasteiger partial charge in [0.1, 0.15) is 0 Å². The van der Waals surface area contributed by atoms with E-state index in [1.54, 1.807) is 6.07 Å². The summed E-state index contributed by atoms with van der Waals surface area (Å²) in [7, 11) is 0. The molecule has 0 N–H and O–H groups in total. The Bertz CT molecular complexity index is 357. The number of hydrogen-bond acceptors (Lipinski definition) is 2. The van der Waals surface area contributed by atoms with Crippen LogP contribution in [0.3, 0.4) is 0 Å². The molecule has 0 atom stereocenters. The molecule has 1 radical (unpaired) electrons. The van der Waals surface area contributed by atoms with Crippen molar-refractivity contribution in [3.63, 3.8) is 0 Å². The van der Waals surface area contributed by atoms with Gasteiger partial charge in [0, 0.05) is 11.4 Å². The van der Waals surface area contributed by atoms with Gasteiger partial charge in [0.25, 0.3) is 0 Å². The topological polar surface area (TPSA) is 26.3 Å². The van der Waals surface area contributed by atoms with Crippen molar-refractivity contribution < 1.29 is 9.53 Å². The Morgan fingerprint density at radius 2 is 2.13 bits per heavy atom. The van der Waals surface area contributed by atoms with Gasteiger partial charge in [-0.15, -0.1) is 0 Å². The van der Waals surface area contributed by atoms with E-state index in [0.29, 0.717) is 25.8 Å². The van der Waals surface area contributed by atoms with Gasteiger partial charge < -0.3 is 4.74 Å². The van der Waals surface area contributed by atoms with Crippen LogP contribution in [0.25, 0.3) is 0 Å². The quantitative estimate of drug-likeness (QED) is 0.462. The third-order valence-electron chi connectivity index (χ3n) is 1.56. The van der Waals surface area contributed by atoms with Gasteiger partial charge >= 0.3 is 5.97 Å². The first kappa shape index (κ1) is 13.1. The molecular formula is C10H8Cl2IO2. The van der Waals surface area contributed by atoms with E-state index >= 15 is 0 Å². The van der Waals surface area contributed by atoms with Gasteiger partial charge in [-0.3, -0.25) is 4.79 Å². The van der Waals surface area contributed by atoms with Crippen molar-refractivity contribution in [3.8, 4) is 5.75 Å². The van der Waals surface area contributed by atoms with Crippen molar-refractivity contribution in [2.45, 2.75) is 12.8 Å². The van der Waals surface area contributed by atoms with E-state index in [2.05, 4.69) is 6.92 Å². The molecule has 1 aromatic rings. The fourth-order valence-electron chi connectivity index (χ4n) is 0.936. The van der Waals surface area contributed by atoms with Crippen molar-refractivity contribution >= 4 is 51.8 Å². The molecule has 2 nitrogen and oxygen atoms in total. The molecule has 0 heterocycles. The highest BCUT2D eigenvalue weighted by Gasteiger charge is 2.12. The van der Waals surface area contributed by atoms with E-state index in [4.69, 9.17) is 27.9 Å². The lowest BCUT2D eigenvalue weighted by molar-refractivity contribution is -0.134. The van der Waals surface area contributed by atoms with Crippen molar-refractivity contribution in [2.24, 2.45) is 0 Å². The number of rotatable bonds is 3. The highest BCUT2D eigenvalue weighted by atomic mass is 127. The minimum absolute atomic E-state index is 0.273. The fraction of sp³-hybridized carbons (Fsp3) is 0.200. The summed E-state index contributed by atoms with van der Waals surface area (Å²) >= 11 is 13.7. The van der Waals surface area contributed by atoms with Gasteiger partial charge in [0.05, 0.1) is 8.59 Å². The van der Waals surface area contributed by atoms with Crippen molar-refractivity contribution in [2.75, 3.05) is 0 Å². The standard InChI is InChI=1S/C10H8Cl2IO2/c1-2-3-9(14)15-10-7(12)4-6(11)5-8(10)13/h4-5H,1-3H2. The van der Waals surface area contributed by atoms with Gasteiger partial charge in [-0.2, -0.15) is 0 Å². The molecule has 0 aliphatic heterocycles. The van der Waals surface area contributed by atoms with Crippen molar-refractivity contribution in [3.05, 3.63) is 32.7 Å². The van der Waals surface area contributed by atoms with Crippen LogP contribution >= 0.6 is 45.8 Å². The summed E-state index contributed by atoms with van der Waals surface area (Å²) in [5, 5.41) is 0.852. The first-order chi connectivity index (χ1) is 7.04. The second-order valence-corrected chi connectivity index (χ2v) is 4.78. The molecule has 0 unspecified atom stereocenters. The molecule has 0 saturated carbocycles. The molecule has 0 aliphatic carbocycles. The molecule has 0 fully saturated rings. The molecule has 0 spiro atoms. The Kier molecular flexibility index (Phi) is 5.15. The van der Waals surface area contributed by atoms with Gasteiger partial charge in [0.2, 0.25) is 0 Å². The number of esters is 1. The fourth-order valence-corrected chi connectivity index (χ4v) is 2.55. The van der Waals surface area contributed by atoms with Crippen molar-refractivity contribution in [1.29, 1.82) is 0 Å². The maximum atomic E-state index is 11.2. The average Bonchev–Trinajstić information content (AvgIpc) is 2.11. The molecule has 5 heteroatoms. The maximum absolute atomic E-state index is 11.2. The Labute approximate surface area is 112 Å². The third-order valence-corrected chi connectivity index (χ3v) is 2.86. The number of carbonyl (C=O) groups excluding carboxylic acids is 1. The van der Waals surface area contributed by atoms with Crippen LogP contribution in [0.15, 0.2) is 12.1 Å². The molecule has 81 valence electrons. The molecule has 15 heavy (non-hydrogen) atoms. The van der Waals surface area contributed by atoms with Gasteiger partial charge in [-0.05, 0) is 41.1 Å². The van der Waals surface area contributed by atoms with Crippen LogP contribution in [0.5, 0.6) is 5.75 Å². The Morgan fingerprint density at radius 1 is 1.47 bits per heavy atom. The van der Waals surface area contributed by atoms with E-state index in [9.17, 15) is 4.79 Å². The summed E-state index contributed by atoms with van der Waals surface area (Å²) in [6, 6.07) is 3.22. The van der Waals surface area contributed by atoms with Crippen LogP contribution in [0.4, 0.5) is 0 Å². The summed E-state index contributed by atoms with van der Waals surface area (Å²) in [6.07, 6.45) is 0.773. The Hall–Kier alpha value is -0.000000000000000111. The smallest absolute Gasteiger partial charge is 0.311 e. The number of hydrogen-bond donors (Lipinski definition) is 0. The van der Waals surface area contributed by atoms with Crippen LogP contribution in [-0.2, 0) is 4.79 Å². The summed E-state index contributed by atoms with van der Waals surface area (Å²) in [5.74, 6) is 0.0206. The zero-order chi connectivity index (χ0) is 11.4. The predicted molar refractivity (Wildman–Crippen MR) is 69.4 cm³/mol. The third kappa shape index (κ3) is 3.81. The van der Waals surface area contributed by atoms with E-state index in [1.165, 1.54) is 6.07 Å². The zero-order valence-corrected chi connectivity index (χ0v) is 11.4. The van der Waals surface area contributed by atoms with E-state index in [-0.39, 0.29) is 12.4 Å². The minimum Gasteiger partial charge on any atom is -0.424 e. The monoisotopic (exact) mass is 357 g/mol. The van der Waals surface area contributed by atoms with E-state index < -0.39 is 0 Å². The summed E-state index contributed by atoms with van der Waals surface area (Å²) < 4.78 is 5.80. The van der Waals surface area contributed by atoms with Crippen LogP contribution in [0, 0.1) is 10.5 Å². The normalized spacial score (nSPS) is 10.1.